The number of anilines is 1. The predicted molar refractivity (Wildman–Crippen MR) is 107 cm³/mol. The Hall–Kier alpha value is -2.31. The highest BCUT2D eigenvalue weighted by Gasteiger charge is 2.52. The minimum absolute atomic E-state index is 0.234. The second-order valence-electron chi connectivity index (χ2n) is 7.85. The Morgan fingerprint density at radius 2 is 1.67 bits per heavy atom. The van der Waals surface area contributed by atoms with Crippen LogP contribution in [0.3, 0.4) is 0 Å². The van der Waals surface area contributed by atoms with Crippen molar-refractivity contribution in [2.24, 2.45) is 0 Å². The number of hydrogen-bond acceptors (Lipinski definition) is 4. The molecule has 0 saturated carbocycles. The molecule has 0 radical (unpaired) electrons. The summed E-state index contributed by atoms with van der Waals surface area (Å²) < 4.78 is 17.5. The van der Waals surface area contributed by atoms with Crippen molar-refractivity contribution in [1.82, 2.24) is 0 Å². The minimum atomic E-state index is -0.485. The highest BCUT2D eigenvalue weighted by molar-refractivity contribution is 6.62. The molecule has 0 atom stereocenters. The van der Waals surface area contributed by atoms with Gasteiger partial charge in [-0.1, -0.05) is 36.4 Å². The van der Waals surface area contributed by atoms with E-state index < -0.39 is 13.2 Å². The summed E-state index contributed by atoms with van der Waals surface area (Å²) in [6.45, 7) is 10.3. The molecule has 0 bridgehead atoms. The summed E-state index contributed by atoms with van der Waals surface area (Å²) in [7, 11) is -0.422. The smallest absolute Gasteiger partial charge is 0.444 e. The van der Waals surface area contributed by atoms with E-state index in [2.05, 4.69) is 5.32 Å². The molecule has 1 aliphatic rings. The quantitative estimate of drug-likeness (QED) is 0.829. The molecule has 1 fully saturated rings. The van der Waals surface area contributed by atoms with Crippen molar-refractivity contribution in [2.75, 3.05) is 5.32 Å². The molecular weight excluding hydrogens is 341 g/mol. The second-order valence-corrected chi connectivity index (χ2v) is 7.85. The van der Waals surface area contributed by atoms with Crippen LogP contribution >= 0.6 is 0 Å². The Balaban J connectivity index is 1.62. The third kappa shape index (κ3) is 4.34. The molecule has 0 aliphatic carbocycles. The zero-order valence-corrected chi connectivity index (χ0v) is 16.5. The van der Waals surface area contributed by atoms with Crippen molar-refractivity contribution >= 4 is 24.4 Å². The van der Waals surface area contributed by atoms with Gasteiger partial charge in [-0.25, -0.2) is 4.79 Å². The fourth-order valence-corrected chi connectivity index (χ4v) is 2.86. The lowest BCUT2D eigenvalue weighted by Gasteiger charge is -2.32. The van der Waals surface area contributed by atoms with E-state index in [1.165, 1.54) is 0 Å². The van der Waals surface area contributed by atoms with E-state index in [1.54, 1.807) is 0 Å². The Labute approximate surface area is 161 Å². The van der Waals surface area contributed by atoms with Gasteiger partial charge < -0.3 is 14.0 Å². The van der Waals surface area contributed by atoms with Crippen LogP contribution < -0.4 is 10.8 Å². The summed E-state index contributed by atoms with van der Waals surface area (Å²) in [5.41, 5.74) is 2.78. The molecule has 0 aromatic heterocycles. The number of nitrogens with one attached hydrogen (secondary N) is 1. The molecule has 0 spiro atoms. The van der Waals surface area contributed by atoms with Crippen LogP contribution in [0.4, 0.5) is 10.5 Å². The van der Waals surface area contributed by atoms with E-state index in [0.29, 0.717) is 5.69 Å². The Kier molecular flexibility index (Phi) is 5.31. The Morgan fingerprint density at radius 3 is 2.26 bits per heavy atom. The molecule has 0 unspecified atom stereocenters. The van der Waals surface area contributed by atoms with Gasteiger partial charge in [-0.2, -0.15) is 0 Å². The second kappa shape index (κ2) is 7.37. The van der Waals surface area contributed by atoms with Gasteiger partial charge >= 0.3 is 13.2 Å². The first kappa shape index (κ1) is 19.5. The maximum absolute atomic E-state index is 12.0. The molecule has 1 saturated heterocycles. The number of amides is 1. The van der Waals surface area contributed by atoms with Gasteiger partial charge in [0, 0.05) is 5.69 Å². The number of ether oxygens (including phenoxy) is 1. The van der Waals surface area contributed by atoms with E-state index in [9.17, 15) is 4.79 Å². The van der Waals surface area contributed by atoms with Gasteiger partial charge in [0.25, 0.3) is 0 Å². The van der Waals surface area contributed by atoms with E-state index in [1.807, 2.05) is 83.1 Å². The standard InChI is InChI=1S/C21H26BNO4/c1-15-13-17(23-19(24)25-14-16-9-7-6-8-10-16)11-12-18(15)22-26-20(2,3)21(4,5)27-22/h6-13H,14H2,1-5H3,(H,23,24). The van der Waals surface area contributed by atoms with Gasteiger partial charge in [0.1, 0.15) is 6.61 Å². The Bertz CT molecular complexity index is 804. The van der Waals surface area contributed by atoms with Crippen molar-refractivity contribution < 1.29 is 18.8 Å². The summed E-state index contributed by atoms with van der Waals surface area (Å²) in [4.78, 5) is 12.0. The molecule has 6 heteroatoms. The number of carbonyl (C=O) groups excluding carboxylic acids is 1. The van der Waals surface area contributed by atoms with Gasteiger partial charge in [0.2, 0.25) is 0 Å². The molecular formula is C21H26BNO4. The van der Waals surface area contributed by atoms with Gasteiger partial charge in [-0.15, -0.1) is 0 Å². The fourth-order valence-electron chi connectivity index (χ4n) is 2.86. The molecule has 2 aromatic rings. The molecule has 27 heavy (non-hydrogen) atoms. The molecule has 5 nitrogen and oxygen atoms in total. The molecule has 2 aromatic carbocycles. The van der Waals surface area contributed by atoms with Crippen LogP contribution in [-0.4, -0.2) is 24.4 Å². The van der Waals surface area contributed by atoms with Crippen molar-refractivity contribution in [1.29, 1.82) is 0 Å². The first-order valence-electron chi connectivity index (χ1n) is 9.12. The maximum atomic E-state index is 12.0. The minimum Gasteiger partial charge on any atom is -0.444 e. The average molecular weight is 367 g/mol. The summed E-state index contributed by atoms with van der Waals surface area (Å²) in [5.74, 6) is 0. The Morgan fingerprint density at radius 1 is 1.04 bits per heavy atom. The van der Waals surface area contributed by atoms with Crippen LogP contribution in [0.2, 0.25) is 0 Å². The zero-order chi connectivity index (χ0) is 19.7. The van der Waals surface area contributed by atoms with Crippen molar-refractivity contribution in [3.05, 3.63) is 59.7 Å². The topological polar surface area (TPSA) is 56.8 Å². The number of carbonyl (C=O) groups is 1. The summed E-state index contributed by atoms with van der Waals surface area (Å²) in [5, 5.41) is 2.76. The van der Waals surface area contributed by atoms with Gasteiger partial charge in [0.15, 0.2) is 0 Å². The summed E-state index contributed by atoms with van der Waals surface area (Å²) in [6, 6.07) is 15.2. The lowest BCUT2D eigenvalue weighted by atomic mass is 9.76. The van der Waals surface area contributed by atoms with Crippen LogP contribution in [0, 0.1) is 6.92 Å². The van der Waals surface area contributed by atoms with Crippen LogP contribution in [-0.2, 0) is 20.7 Å². The van der Waals surface area contributed by atoms with Crippen LogP contribution in [0.5, 0.6) is 0 Å². The summed E-state index contributed by atoms with van der Waals surface area (Å²) >= 11 is 0. The lowest BCUT2D eigenvalue weighted by Crippen LogP contribution is -2.41. The third-order valence-electron chi connectivity index (χ3n) is 5.24. The highest BCUT2D eigenvalue weighted by atomic mass is 16.7. The number of benzene rings is 2. The molecule has 3 rings (SSSR count). The highest BCUT2D eigenvalue weighted by Crippen LogP contribution is 2.36. The predicted octanol–water partition coefficient (Wildman–Crippen LogP) is 4.04. The third-order valence-corrected chi connectivity index (χ3v) is 5.24. The van der Waals surface area contributed by atoms with Crippen molar-refractivity contribution in [3.8, 4) is 0 Å². The van der Waals surface area contributed by atoms with Crippen LogP contribution in [0.15, 0.2) is 48.5 Å². The lowest BCUT2D eigenvalue weighted by molar-refractivity contribution is 0.00578. The maximum Gasteiger partial charge on any atom is 0.495 e. The van der Waals surface area contributed by atoms with Crippen LogP contribution in [0.25, 0.3) is 0 Å². The molecule has 1 N–H and O–H groups in total. The fraction of sp³-hybridized carbons (Fsp3) is 0.381. The van der Waals surface area contributed by atoms with Crippen LogP contribution in [0.1, 0.15) is 38.8 Å². The van der Waals surface area contributed by atoms with Crippen molar-refractivity contribution in [3.63, 3.8) is 0 Å². The van der Waals surface area contributed by atoms with Gasteiger partial charge in [-0.05, 0) is 63.3 Å². The number of aryl methyl sites for hydroxylation is 1. The van der Waals surface area contributed by atoms with E-state index >= 15 is 0 Å². The average Bonchev–Trinajstić information content (AvgIpc) is 2.81. The summed E-state index contributed by atoms with van der Waals surface area (Å²) in [6.07, 6.45) is -0.485. The van der Waals surface area contributed by atoms with Gasteiger partial charge in [-0.3, -0.25) is 5.32 Å². The largest absolute Gasteiger partial charge is 0.495 e. The number of hydrogen-bond donors (Lipinski definition) is 1. The van der Waals surface area contributed by atoms with E-state index in [4.69, 9.17) is 14.0 Å². The first-order valence-corrected chi connectivity index (χ1v) is 9.12. The zero-order valence-electron chi connectivity index (χ0n) is 16.5. The molecule has 1 heterocycles. The molecule has 142 valence electrons. The molecule has 1 aliphatic heterocycles. The first-order chi connectivity index (χ1) is 12.7. The number of rotatable bonds is 4. The van der Waals surface area contributed by atoms with Crippen molar-refractivity contribution in [2.45, 2.75) is 52.4 Å². The molecule has 1 amide bonds. The van der Waals surface area contributed by atoms with E-state index in [-0.39, 0.29) is 17.8 Å². The SMILES string of the molecule is Cc1cc(NC(=O)OCc2ccccc2)ccc1B1OC(C)(C)C(C)(C)O1. The monoisotopic (exact) mass is 367 g/mol. The normalized spacial score (nSPS) is 17.6. The van der Waals surface area contributed by atoms with Gasteiger partial charge in [0.05, 0.1) is 11.2 Å². The van der Waals surface area contributed by atoms with E-state index in [0.717, 1.165) is 16.6 Å².